The molecule has 20 heavy (non-hydrogen) atoms. The molecule has 1 aromatic heterocycles. The zero-order valence-electron chi connectivity index (χ0n) is 11.8. The number of pyridine rings is 1. The Bertz CT molecular complexity index is 500. The van der Waals surface area contributed by atoms with Gasteiger partial charge in [0.15, 0.2) is 0 Å². The standard InChI is InChI=1S/C15H20N2O3/c1-2-20-15(18)14-5-12-3-4-17(7-11-9-19-10-11)8-13(12)6-16-14/h5-6,11H,2-4,7-10H2,1H3. The van der Waals surface area contributed by atoms with E-state index in [-0.39, 0.29) is 5.97 Å². The van der Waals surface area contributed by atoms with E-state index in [1.54, 1.807) is 6.92 Å². The van der Waals surface area contributed by atoms with Gasteiger partial charge in [0.2, 0.25) is 0 Å². The molecule has 0 amide bonds. The van der Waals surface area contributed by atoms with Crippen molar-refractivity contribution in [3.05, 3.63) is 29.1 Å². The zero-order chi connectivity index (χ0) is 13.9. The van der Waals surface area contributed by atoms with Gasteiger partial charge >= 0.3 is 5.97 Å². The first-order valence-electron chi connectivity index (χ1n) is 7.21. The zero-order valence-corrected chi connectivity index (χ0v) is 11.8. The lowest BCUT2D eigenvalue weighted by Gasteiger charge is -2.35. The fourth-order valence-electron chi connectivity index (χ4n) is 2.73. The van der Waals surface area contributed by atoms with Gasteiger partial charge < -0.3 is 9.47 Å². The van der Waals surface area contributed by atoms with Crippen molar-refractivity contribution in [3.63, 3.8) is 0 Å². The average Bonchev–Trinajstić information content (AvgIpc) is 2.42. The molecule has 108 valence electrons. The number of nitrogens with zero attached hydrogens (tertiary/aromatic N) is 2. The van der Waals surface area contributed by atoms with Crippen LogP contribution in [0, 0.1) is 5.92 Å². The minimum Gasteiger partial charge on any atom is -0.461 e. The summed E-state index contributed by atoms with van der Waals surface area (Å²) in [6.45, 7) is 7.02. The fraction of sp³-hybridized carbons (Fsp3) is 0.600. The summed E-state index contributed by atoms with van der Waals surface area (Å²) in [5.74, 6) is 0.354. The molecule has 2 aliphatic rings. The van der Waals surface area contributed by atoms with Gasteiger partial charge in [0.05, 0.1) is 19.8 Å². The molecule has 0 spiro atoms. The van der Waals surface area contributed by atoms with Crippen LogP contribution < -0.4 is 0 Å². The molecular formula is C15H20N2O3. The van der Waals surface area contributed by atoms with E-state index in [9.17, 15) is 4.79 Å². The Hall–Kier alpha value is -1.46. The van der Waals surface area contributed by atoms with Crippen molar-refractivity contribution in [2.24, 2.45) is 5.92 Å². The highest BCUT2D eigenvalue weighted by Gasteiger charge is 2.25. The molecule has 2 aliphatic heterocycles. The predicted molar refractivity (Wildman–Crippen MR) is 73.5 cm³/mol. The fourth-order valence-corrected chi connectivity index (χ4v) is 2.73. The molecule has 3 heterocycles. The summed E-state index contributed by atoms with van der Waals surface area (Å²) in [5.41, 5.74) is 2.88. The van der Waals surface area contributed by atoms with Crippen molar-refractivity contribution in [1.82, 2.24) is 9.88 Å². The van der Waals surface area contributed by atoms with E-state index in [1.165, 1.54) is 11.1 Å². The number of aromatic nitrogens is 1. The van der Waals surface area contributed by atoms with E-state index >= 15 is 0 Å². The highest BCUT2D eigenvalue weighted by atomic mass is 16.5. The third-order valence-electron chi connectivity index (χ3n) is 3.88. The molecular weight excluding hydrogens is 256 g/mol. The Kier molecular flexibility index (Phi) is 3.98. The third-order valence-corrected chi connectivity index (χ3v) is 3.88. The van der Waals surface area contributed by atoms with Crippen molar-refractivity contribution in [2.45, 2.75) is 19.9 Å². The maximum absolute atomic E-state index is 11.7. The molecule has 0 aliphatic carbocycles. The summed E-state index contributed by atoms with van der Waals surface area (Å²) in [6.07, 6.45) is 2.79. The molecule has 0 N–H and O–H groups in total. The van der Waals surface area contributed by atoms with E-state index in [1.807, 2.05) is 12.3 Å². The molecule has 0 unspecified atom stereocenters. The quantitative estimate of drug-likeness (QED) is 0.775. The summed E-state index contributed by atoms with van der Waals surface area (Å²) in [7, 11) is 0. The largest absolute Gasteiger partial charge is 0.461 e. The maximum atomic E-state index is 11.7. The average molecular weight is 276 g/mol. The van der Waals surface area contributed by atoms with Crippen LogP contribution in [-0.4, -0.2) is 48.8 Å². The van der Waals surface area contributed by atoms with Crippen molar-refractivity contribution in [3.8, 4) is 0 Å². The molecule has 5 nitrogen and oxygen atoms in total. The van der Waals surface area contributed by atoms with Crippen LogP contribution in [0.15, 0.2) is 12.3 Å². The van der Waals surface area contributed by atoms with Gasteiger partial charge in [-0.2, -0.15) is 0 Å². The molecule has 1 aromatic rings. The van der Waals surface area contributed by atoms with Crippen LogP contribution in [0.2, 0.25) is 0 Å². The van der Waals surface area contributed by atoms with Crippen LogP contribution in [0.5, 0.6) is 0 Å². The first-order chi connectivity index (χ1) is 9.76. The Morgan fingerprint density at radius 2 is 2.35 bits per heavy atom. The summed E-state index contributed by atoms with van der Waals surface area (Å²) < 4.78 is 10.2. The number of carbonyl (C=O) groups excluding carboxylic acids is 1. The second-order valence-electron chi connectivity index (χ2n) is 5.45. The van der Waals surface area contributed by atoms with Gasteiger partial charge in [0.1, 0.15) is 5.69 Å². The van der Waals surface area contributed by atoms with Gasteiger partial charge in [-0.1, -0.05) is 0 Å². The van der Waals surface area contributed by atoms with E-state index < -0.39 is 0 Å². The molecule has 0 saturated carbocycles. The molecule has 0 radical (unpaired) electrons. The van der Waals surface area contributed by atoms with Crippen LogP contribution in [0.1, 0.15) is 28.5 Å². The normalized spacial score (nSPS) is 19.2. The lowest BCUT2D eigenvalue weighted by Crippen LogP contribution is -2.41. The van der Waals surface area contributed by atoms with Gasteiger partial charge in [-0.3, -0.25) is 4.90 Å². The Morgan fingerprint density at radius 3 is 3.05 bits per heavy atom. The highest BCUT2D eigenvalue weighted by molar-refractivity contribution is 5.87. The van der Waals surface area contributed by atoms with Crippen LogP contribution in [0.4, 0.5) is 0 Å². The van der Waals surface area contributed by atoms with Crippen molar-refractivity contribution >= 4 is 5.97 Å². The Balaban J connectivity index is 1.66. The molecule has 0 bridgehead atoms. The van der Waals surface area contributed by atoms with Crippen LogP contribution in [0.3, 0.4) is 0 Å². The lowest BCUT2D eigenvalue weighted by molar-refractivity contribution is -0.0480. The van der Waals surface area contributed by atoms with Crippen molar-refractivity contribution < 1.29 is 14.3 Å². The second-order valence-corrected chi connectivity index (χ2v) is 5.45. The number of fused-ring (bicyclic) bond motifs is 1. The summed E-state index contributed by atoms with van der Waals surface area (Å²) in [6, 6.07) is 1.89. The van der Waals surface area contributed by atoms with Gasteiger partial charge in [-0.05, 0) is 30.5 Å². The number of carbonyl (C=O) groups is 1. The van der Waals surface area contributed by atoms with Crippen LogP contribution >= 0.6 is 0 Å². The van der Waals surface area contributed by atoms with Gasteiger partial charge in [-0.15, -0.1) is 0 Å². The molecule has 1 fully saturated rings. The SMILES string of the molecule is CCOC(=O)c1cc2c(cn1)CN(CC1COC1)CC2. The van der Waals surface area contributed by atoms with Gasteiger partial charge in [-0.25, -0.2) is 9.78 Å². The number of hydrogen-bond donors (Lipinski definition) is 0. The Morgan fingerprint density at radius 1 is 1.50 bits per heavy atom. The second kappa shape index (κ2) is 5.89. The molecule has 0 atom stereocenters. The number of rotatable bonds is 4. The Labute approximate surface area is 118 Å². The minimum absolute atomic E-state index is 0.329. The smallest absolute Gasteiger partial charge is 0.356 e. The van der Waals surface area contributed by atoms with Gasteiger partial charge in [0, 0.05) is 31.7 Å². The first-order valence-corrected chi connectivity index (χ1v) is 7.21. The maximum Gasteiger partial charge on any atom is 0.356 e. The monoisotopic (exact) mass is 276 g/mol. The molecule has 3 rings (SSSR count). The van der Waals surface area contributed by atoms with Crippen molar-refractivity contribution in [2.75, 3.05) is 32.9 Å². The number of ether oxygens (including phenoxy) is 2. The highest BCUT2D eigenvalue weighted by Crippen LogP contribution is 2.21. The van der Waals surface area contributed by atoms with E-state index in [4.69, 9.17) is 9.47 Å². The lowest BCUT2D eigenvalue weighted by atomic mass is 9.99. The minimum atomic E-state index is -0.329. The van der Waals surface area contributed by atoms with Crippen LogP contribution in [-0.2, 0) is 22.4 Å². The van der Waals surface area contributed by atoms with E-state index in [2.05, 4.69) is 9.88 Å². The van der Waals surface area contributed by atoms with Gasteiger partial charge in [0.25, 0.3) is 0 Å². The number of esters is 1. The molecule has 0 aromatic carbocycles. The van der Waals surface area contributed by atoms with Crippen molar-refractivity contribution in [1.29, 1.82) is 0 Å². The first kappa shape index (κ1) is 13.5. The number of hydrogen-bond acceptors (Lipinski definition) is 5. The molecule has 5 heteroatoms. The topological polar surface area (TPSA) is 51.7 Å². The summed E-state index contributed by atoms with van der Waals surface area (Å²) in [5, 5.41) is 0. The summed E-state index contributed by atoms with van der Waals surface area (Å²) in [4.78, 5) is 18.4. The van der Waals surface area contributed by atoms with E-state index in [0.29, 0.717) is 18.2 Å². The third kappa shape index (κ3) is 2.83. The summed E-state index contributed by atoms with van der Waals surface area (Å²) >= 11 is 0. The predicted octanol–water partition coefficient (Wildman–Crippen LogP) is 1.26. The van der Waals surface area contributed by atoms with Crippen LogP contribution in [0.25, 0.3) is 0 Å². The van der Waals surface area contributed by atoms with E-state index in [0.717, 1.165) is 39.3 Å². The molecule has 1 saturated heterocycles.